The Morgan fingerprint density at radius 3 is 1.96 bits per heavy atom. The third kappa shape index (κ3) is 5.84. The van der Waals surface area contributed by atoms with Crippen LogP contribution in [0.1, 0.15) is 32.1 Å². The highest BCUT2D eigenvalue weighted by Gasteiger charge is 2.50. The average molecular weight is 463 g/mol. The Hall–Kier alpha value is -0.350. The van der Waals surface area contributed by atoms with Gasteiger partial charge in [0.05, 0.1) is 0 Å². The smallest absolute Gasteiger partial charge is 0.361 e. The van der Waals surface area contributed by atoms with Crippen LogP contribution in [0.2, 0.25) is 0 Å². The molecule has 0 aromatic heterocycles. The molecule has 3 fully saturated rings. The van der Waals surface area contributed by atoms with E-state index in [1.807, 2.05) is 9.80 Å². The Balaban J connectivity index is 0.00000243. The Labute approximate surface area is 186 Å². The van der Waals surface area contributed by atoms with Gasteiger partial charge in [0.25, 0.3) is 5.79 Å². The van der Waals surface area contributed by atoms with Crippen LogP contribution in [0, 0.1) is 0 Å². The van der Waals surface area contributed by atoms with Gasteiger partial charge in [-0.25, -0.2) is 4.79 Å². The highest BCUT2D eigenvalue weighted by Crippen LogP contribution is 2.26. The molecule has 3 aliphatic rings. The SMILES string of the molecule is Cl.Cl.Cl.O=CNC(C(=O)O)(N1CCCCC1)N1CCN(C2CCNCC2)CC1. The van der Waals surface area contributed by atoms with Gasteiger partial charge in [-0.3, -0.25) is 19.5 Å². The minimum atomic E-state index is -1.40. The largest absolute Gasteiger partial charge is 0.477 e. The molecule has 0 aromatic rings. The van der Waals surface area contributed by atoms with Crippen molar-refractivity contribution in [3.8, 4) is 0 Å². The van der Waals surface area contributed by atoms with Crippen LogP contribution in [0.15, 0.2) is 0 Å². The van der Waals surface area contributed by atoms with Crippen molar-refractivity contribution in [1.29, 1.82) is 0 Å². The van der Waals surface area contributed by atoms with Gasteiger partial charge in [0, 0.05) is 45.3 Å². The Kier molecular flexibility index (Phi) is 12.9. The summed E-state index contributed by atoms with van der Waals surface area (Å²) in [5.41, 5.74) is 0. The maximum atomic E-state index is 12.3. The average Bonchev–Trinajstić information content (AvgIpc) is 2.67. The molecule has 0 saturated carbocycles. The number of carboxylic acid groups (broad SMARTS) is 1. The second-order valence-electron chi connectivity index (χ2n) is 7.29. The molecule has 28 heavy (non-hydrogen) atoms. The van der Waals surface area contributed by atoms with Crippen LogP contribution in [0.4, 0.5) is 0 Å². The Morgan fingerprint density at radius 2 is 1.46 bits per heavy atom. The molecule has 3 saturated heterocycles. The van der Waals surface area contributed by atoms with Gasteiger partial charge in [-0.15, -0.1) is 37.2 Å². The summed E-state index contributed by atoms with van der Waals surface area (Å²) in [5.74, 6) is -2.38. The molecular formula is C17H34Cl3N5O3. The summed E-state index contributed by atoms with van der Waals surface area (Å²) in [6.45, 7) is 6.57. The summed E-state index contributed by atoms with van der Waals surface area (Å²) < 4.78 is 0. The Bertz CT molecular complexity index is 471. The predicted octanol–water partition coefficient (Wildman–Crippen LogP) is 0.592. The van der Waals surface area contributed by atoms with E-state index in [1.54, 1.807) is 0 Å². The number of amides is 1. The molecule has 3 aliphatic heterocycles. The number of hydrogen-bond donors (Lipinski definition) is 3. The molecule has 0 bridgehead atoms. The molecule has 1 unspecified atom stereocenters. The van der Waals surface area contributed by atoms with E-state index in [-0.39, 0.29) is 37.2 Å². The lowest BCUT2D eigenvalue weighted by Crippen LogP contribution is -2.76. The van der Waals surface area contributed by atoms with E-state index in [0.717, 1.165) is 58.3 Å². The zero-order valence-corrected chi connectivity index (χ0v) is 18.6. The lowest BCUT2D eigenvalue weighted by molar-refractivity contribution is -0.181. The van der Waals surface area contributed by atoms with Gasteiger partial charge < -0.3 is 15.7 Å². The summed E-state index contributed by atoms with van der Waals surface area (Å²) in [6.07, 6.45) is 5.93. The topological polar surface area (TPSA) is 88.1 Å². The van der Waals surface area contributed by atoms with Crippen molar-refractivity contribution in [2.45, 2.75) is 43.9 Å². The number of carbonyl (C=O) groups excluding carboxylic acids is 1. The summed E-state index contributed by atoms with van der Waals surface area (Å²) in [7, 11) is 0. The number of carbonyl (C=O) groups is 2. The standard InChI is InChI=1S/C17H31N5O3.3ClH/c23-14-19-17(16(24)25,21-8-2-1-3-9-21)22-12-10-20(11-13-22)15-4-6-18-7-5-15;;;/h14-15,18H,1-13H2,(H,19,23)(H,24,25);3*1H. The molecule has 0 radical (unpaired) electrons. The van der Waals surface area contributed by atoms with Crippen molar-refractivity contribution in [3.63, 3.8) is 0 Å². The quantitative estimate of drug-likeness (QED) is 0.498. The van der Waals surface area contributed by atoms with Crippen LogP contribution in [0.3, 0.4) is 0 Å². The van der Waals surface area contributed by atoms with E-state index in [9.17, 15) is 14.7 Å². The minimum Gasteiger partial charge on any atom is -0.477 e. The van der Waals surface area contributed by atoms with Gasteiger partial charge >= 0.3 is 5.97 Å². The molecule has 3 rings (SSSR count). The molecule has 166 valence electrons. The van der Waals surface area contributed by atoms with Crippen LogP contribution in [-0.4, -0.2) is 96.4 Å². The van der Waals surface area contributed by atoms with Crippen molar-refractivity contribution in [1.82, 2.24) is 25.3 Å². The molecule has 0 aliphatic carbocycles. The number of piperazine rings is 1. The van der Waals surface area contributed by atoms with Gasteiger partial charge in [-0.2, -0.15) is 0 Å². The first-order valence-electron chi connectivity index (χ1n) is 9.58. The molecule has 8 nitrogen and oxygen atoms in total. The van der Waals surface area contributed by atoms with Crippen molar-refractivity contribution in [3.05, 3.63) is 0 Å². The van der Waals surface area contributed by atoms with Gasteiger partial charge in [0.1, 0.15) is 0 Å². The lowest BCUT2D eigenvalue weighted by Gasteiger charge is -2.51. The second-order valence-corrected chi connectivity index (χ2v) is 7.29. The van der Waals surface area contributed by atoms with Gasteiger partial charge in [0.2, 0.25) is 6.41 Å². The number of hydrogen-bond acceptors (Lipinski definition) is 6. The first kappa shape index (κ1) is 27.6. The predicted molar refractivity (Wildman–Crippen MR) is 116 cm³/mol. The van der Waals surface area contributed by atoms with Crippen LogP contribution < -0.4 is 10.6 Å². The number of aliphatic carboxylic acids is 1. The molecule has 0 aromatic carbocycles. The Morgan fingerprint density at radius 1 is 0.929 bits per heavy atom. The van der Waals surface area contributed by atoms with E-state index in [0.29, 0.717) is 38.6 Å². The van der Waals surface area contributed by atoms with Gasteiger partial charge in [0.15, 0.2) is 0 Å². The zero-order valence-electron chi connectivity index (χ0n) is 16.2. The number of piperidine rings is 2. The first-order valence-corrected chi connectivity index (χ1v) is 9.58. The van der Waals surface area contributed by atoms with Crippen LogP contribution in [-0.2, 0) is 9.59 Å². The normalized spacial score (nSPS) is 24.6. The molecule has 3 heterocycles. The summed E-state index contributed by atoms with van der Waals surface area (Å²) in [6, 6.07) is 0.594. The highest BCUT2D eigenvalue weighted by atomic mass is 35.5. The molecule has 11 heteroatoms. The first-order chi connectivity index (χ1) is 12.2. The minimum absolute atomic E-state index is 0. The second kappa shape index (κ2) is 13.1. The number of likely N-dealkylation sites (tertiary alicyclic amines) is 1. The zero-order chi connectivity index (χ0) is 17.7. The highest BCUT2D eigenvalue weighted by molar-refractivity contribution is 5.86. The van der Waals surface area contributed by atoms with Crippen molar-refractivity contribution in [2.75, 3.05) is 52.4 Å². The number of nitrogens with one attached hydrogen (secondary N) is 2. The molecular weight excluding hydrogens is 429 g/mol. The number of rotatable bonds is 6. The van der Waals surface area contributed by atoms with Crippen LogP contribution in [0.5, 0.6) is 0 Å². The van der Waals surface area contributed by atoms with Gasteiger partial charge in [-0.1, -0.05) is 6.42 Å². The van der Waals surface area contributed by atoms with E-state index in [1.165, 1.54) is 0 Å². The molecule has 1 amide bonds. The summed E-state index contributed by atoms with van der Waals surface area (Å²) >= 11 is 0. The van der Waals surface area contributed by atoms with E-state index in [2.05, 4.69) is 15.5 Å². The fourth-order valence-electron chi connectivity index (χ4n) is 4.60. The van der Waals surface area contributed by atoms with E-state index in [4.69, 9.17) is 0 Å². The van der Waals surface area contributed by atoms with Crippen LogP contribution in [0.25, 0.3) is 0 Å². The monoisotopic (exact) mass is 461 g/mol. The third-order valence-corrected chi connectivity index (χ3v) is 5.97. The fraction of sp³-hybridized carbons (Fsp3) is 0.882. The van der Waals surface area contributed by atoms with Gasteiger partial charge in [-0.05, 0) is 38.8 Å². The summed E-state index contributed by atoms with van der Waals surface area (Å²) in [5, 5.41) is 16.1. The number of carboxylic acids is 1. The fourth-order valence-corrected chi connectivity index (χ4v) is 4.60. The third-order valence-electron chi connectivity index (χ3n) is 5.97. The van der Waals surface area contributed by atoms with Crippen molar-refractivity contribution >= 4 is 49.6 Å². The maximum Gasteiger partial charge on any atom is 0.361 e. The maximum absolute atomic E-state index is 12.3. The van der Waals surface area contributed by atoms with Crippen molar-refractivity contribution in [2.24, 2.45) is 0 Å². The van der Waals surface area contributed by atoms with E-state index < -0.39 is 11.8 Å². The molecule has 3 N–H and O–H groups in total. The molecule has 0 spiro atoms. The van der Waals surface area contributed by atoms with Crippen LogP contribution >= 0.6 is 37.2 Å². The number of nitrogens with zero attached hydrogens (tertiary/aromatic N) is 3. The van der Waals surface area contributed by atoms with E-state index >= 15 is 0 Å². The summed E-state index contributed by atoms with van der Waals surface area (Å²) in [4.78, 5) is 29.9. The lowest BCUT2D eigenvalue weighted by atomic mass is 10.0. The van der Waals surface area contributed by atoms with Crippen molar-refractivity contribution < 1.29 is 14.7 Å². The number of halogens is 3. The molecule has 1 atom stereocenters.